The maximum Gasteiger partial charge on any atom is 0.586 e. The van der Waals surface area contributed by atoms with Gasteiger partial charge in [0.2, 0.25) is 0 Å². The zero-order chi connectivity index (χ0) is 13.6. The van der Waals surface area contributed by atoms with Gasteiger partial charge in [-0.15, -0.1) is 8.78 Å². The number of nitrogen functional groups attached to an aromatic ring is 1. The van der Waals surface area contributed by atoms with E-state index in [0.717, 1.165) is 0 Å². The van der Waals surface area contributed by atoms with E-state index in [1.807, 2.05) is 0 Å². The highest BCUT2D eigenvalue weighted by Crippen LogP contribution is 2.42. The average molecular weight is 268 g/mol. The molecule has 1 aromatic carbocycles. The number of aromatic amines is 1. The van der Waals surface area contributed by atoms with Crippen LogP contribution in [0.5, 0.6) is 11.5 Å². The molecule has 0 saturated carbocycles. The molecule has 0 unspecified atom stereocenters. The molecule has 0 spiro atoms. The fourth-order valence-electron chi connectivity index (χ4n) is 1.77. The number of imidazole rings is 1. The molecule has 100 valence electrons. The number of aryl methyl sites for hydroxylation is 1. The quantitative estimate of drug-likeness (QED) is 0.778. The van der Waals surface area contributed by atoms with Crippen LogP contribution in [0.2, 0.25) is 0 Å². The summed E-state index contributed by atoms with van der Waals surface area (Å²) in [6.07, 6.45) is -3.62. The van der Waals surface area contributed by atoms with Crippen molar-refractivity contribution < 1.29 is 18.3 Å². The summed E-state index contributed by atoms with van der Waals surface area (Å²) in [7, 11) is 0. The van der Waals surface area contributed by atoms with E-state index in [1.54, 1.807) is 13.0 Å². The van der Waals surface area contributed by atoms with Crippen LogP contribution >= 0.6 is 0 Å². The molecule has 19 heavy (non-hydrogen) atoms. The lowest BCUT2D eigenvalue weighted by Crippen LogP contribution is -2.25. The van der Waals surface area contributed by atoms with Crippen LogP contribution in [-0.2, 0) is 0 Å². The van der Waals surface area contributed by atoms with Gasteiger partial charge in [-0.05, 0) is 19.1 Å². The van der Waals surface area contributed by atoms with Crippen molar-refractivity contribution in [2.45, 2.75) is 13.2 Å². The minimum absolute atomic E-state index is 0.0123. The molecule has 0 atom stereocenters. The van der Waals surface area contributed by atoms with Crippen molar-refractivity contribution in [1.29, 1.82) is 0 Å². The molecule has 1 aliphatic rings. The number of anilines is 3. The fraction of sp³-hybridized carbons (Fsp3) is 0.182. The number of hydrogen-bond donors (Lipinski definition) is 3. The highest BCUT2D eigenvalue weighted by Gasteiger charge is 2.43. The number of ether oxygens (including phenoxy) is 2. The summed E-state index contributed by atoms with van der Waals surface area (Å²) in [6.45, 7) is 1.75. The first-order valence-electron chi connectivity index (χ1n) is 5.42. The Morgan fingerprint density at radius 2 is 2.05 bits per heavy atom. The molecule has 3 rings (SSSR count). The number of hydrogen-bond acceptors (Lipinski definition) is 5. The summed E-state index contributed by atoms with van der Waals surface area (Å²) in [6, 6.07) is 4.33. The highest BCUT2D eigenvalue weighted by atomic mass is 19.3. The molecule has 0 fully saturated rings. The van der Waals surface area contributed by atoms with Crippen LogP contribution in [0.4, 0.5) is 26.1 Å². The van der Waals surface area contributed by atoms with Gasteiger partial charge in [0.05, 0.1) is 0 Å². The van der Waals surface area contributed by atoms with Gasteiger partial charge in [-0.2, -0.15) is 0 Å². The lowest BCUT2D eigenvalue weighted by molar-refractivity contribution is -0.286. The molecular formula is C11H10F2N4O2. The van der Waals surface area contributed by atoms with E-state index in [2.05, 4.69) is 24.8 Å². The number of halogens is 2. The summed E-state index contributed by atoms with van der Waals surface area (Å²) >= 11 is 0. The van der Waals surface area contributed by atoms with E-state index in [-0.39, 0.29) is 11.5 Å². The Balaban J connectivity index is 1.86. The Hall–Kier alpha value is -2.51. The molecule has 2 heterocycles. The normalized spacial score (nSPS) is 15.5. The van der Waals surface area contributed by atoms with Crippen LogP contribution in [0, 0.1) is 6.92 Å². The largest absolute Gasteiger partial charge is 0.586 e. The summed E-state index contributed by atoms with van der Waals surface area (Å²) in [5.74, 6) is 1.37. The number of alkyl halides is 2. The molecule has 0 aliphatic carbocycles. The van der Waals surface area contributed by atoms with Gasteiger partial charge in [0.1, 0.15) is 11.6 Å². The van der Waals surface area contributed by atoms with Gasteiger partial charge in [0, 0.05) is 11.8 Å². The molecule has 0 radical (unpaired) electrons. The second-order valence-electron chi connectivity index (χ2n) is 4.04. The predicted octanol–water partition coefficient (Wildman–Crippen LogP) is 2.37. The van der Waals surface area contributed by atoms with Crippen LogP contribution in [0.3, 0.4) is 0 Å². The van der Waals surface area contributed by atoms with Crippen molar-refractivity contribution in [3.05, 3.63) is 24.0 Å². The molecule has 0 amide bonds. The van der Waals surface area contributed by atoms with E-state index in [1.165, 1.54) is 12.1 Å². The lowest BCUT2D eigenvalue weighted by atomic mass is 10.3. The molecule has 8 heteroatoms. The zero-order valence-electron chi connectivity index (χ0n) is 9.83. The Kier molecular flexibility index (Phi) is 2.28. The maximum atomic E-state index is 12.9. The Morgan fingerprint density at radius 3 is 2.74 bits per heavy atom. The van der Waals surface area contributed by atoms with Crippen molar-refractivity contribution in [2.24, 2.45) is 0 Å². The smallest absolute Gasteiger partial charge is 0.395 e. The monoisotopic (exact) mass is 268 g/mol. The first kappa shape index (κ1) is 11.6. The summed E-state index contributed by atoms with van der Waals surface area (Å²) in [5, 5.41) is 2.90. The number of aromatic nitrogens is 2. The van der Waals surface area contributed by atoms with E-state index in [0.29, 0.717) is 23.1 Å². The number of nitrogens with zero attached hydrogens (tertiary/aromatic N) is 1. The lowest BCUT2D eigenvalue weighted by Gasteiger charge is -2.05. The third kappa shape index (κ3) is 2.12. The standard InChI is InChI=1S/C11H10F2N4O2/c1-5-15-9(14)10(16-5)17-6-2-3-7-8(4-6)19-11(12,13)18-7/h2-4,17H,14H2,1H3,(H,15,16). The van der Waals surface area contributed by atoms with Gasteiger partial charge in [-0.1, -0.05) is 0 Å². The van der Waals surface area contributed by atoms with E-state index < -0.39 is 6.29 Å². The van der Waals surface area contributed by atoms with Gasteiger partial charge < -0.3 is 25.5 Å². The zero-order valence-corrected chi connectivity index (χ0v) is 9.83. The van der Waals surface area contributed by atoms with Gasteiger partial charge in [-0.3, -0.25) is 0 Å². The van der Waals surface area contributed by atoms with Crippen LogP contribution in [-0.4, -0.2) is 16.3 Å². The molecule has 4 N–H and O–H groups in total. The number of H-pyrrole nitrogens is 1. The molecule has 0 saturated heterocycles. The number of nitrogens with one attached hydrogen (secondary N) is 2. The van der Waals surface area contributed by atoms with Gasteiger partial charge in [0.25, 0.3) is 0 Å². The van der Waals surface area contributed by atoms with Crippen molar-refractivity contribution >= 4 is 17.3 Å². The number of rotatable bonds is 2. The minimum atomic E-state index is -3.62. The second-order valence-corrected chi connectivity index (χ2v) is 4.04. The molecule has 6 nitrogen and oxygen atoms in total. The third-order valence-corrected chi connectivity index (χ3v) is 2.51. The van der Waals surface area contributed by atoms with E-state index in [9.17, 15) is 8.78 Å². The van der Waals surface area contributed by atoms with Crippen LogP contribution in [0.25, 0.3) is 0 Å². The molecule has 1 aliphatic heterocycles. The Bertz CT molecular complexity index is 642. The van der Waals surface area contributed by atoms with Gasteiger partial charge >= 0.3 is 6.29 Å². The Morgan fingerprint density at radius 1 is 1.32 bits per heavy atom. The fourth-order valence-corrected chi connectivity index (χ4v) is 1.77. The first-order chi connectivity index (χ1) is 8.93. The van der Waals surface area contributed by atoms with E-state index >= 15 is 0 Å². The second kappa shape index (κ2) is 3.74. The Labute approximate surface area is 106 Å². The van der Waals surface area contributed by atoms with Crippen LogP contribution < -0.4 is 20.5 Å². The van der Waals surface area contributed by atoms with Crippen molar-refractivity contribution in [3.8, 4) is 11.5 Å². The number of fused-ring (bicyclic) bond motifs is 1. The number of benzene rings is 1. The average Bonchev–Trinajstić information content (AvgIpc) is 2.76. The highest BCUT2D eigenvalue weighted by molar-refractivity contribution is 5.68. The van der Waals surface area contributed by atoms with E-state index in [4.69, 9.17) is 5.73 Å². The minimum Gasteiger partial charge on any atom is -0.395 e. The number of nitrogens with two attached hydrogens (primary N) is 1. The van der Waals surface area contributed by atoms with Crippen molar-refractivity contribution in [1.82, 2.24) is 9.97 Å². The molecular weight excluding hydrogens is 258 g/mol. The van der Waals surface area contributed by atoms with Crippen LogP contribution in [0.15, 0.2) is 18.2 Å². The predicted molar refractivity (Wildman–Crippen MR) is 63.7 cm³/mol. The first-order valence-corrected chi connectivity index (χ1v) is 5.42. The molecule has 2 aromatic rings. The van der Waals surface area contributed by atoms with Gasteiger partial charge in [0.15, 0.2) is 17.3 Å². The topological polar surface area (TPSA) is 85.2 Å². The van der Waals surface area contributed by atoms with Crippen LogP contribution in [0.1, 0.15) is 5.82 Å². The third-order valence-electron chi connectivity index (χ3n) is 2.51. The molecule has 0 bridgehead atoms. The van der Waals surface area contributed by atoms with Gasteiger partial charge in [-0.25, -0.2) is 4.98 Å². The summed E-state index contributed by atoms with van der Waals surface area (Å²) in [4.78, 5) is 6.94. The van der Waals surface area contributed by atoms with Crippen molar-refractivity contribution in [2.75, 3.05) is 11.1 Å². The SMILES string of the molecule is Cc1nc(Nc2ccc3c(c2)OC(F)(F)O3)c(N)[nH]1. The van der Waals surface area contributed by atoms with Crippen molar-refractivity contribution in [3.63, 3.8) is 0 Å². The molecule has 1 aromatic heterocycles. The summed E-state index contributed by atoms with van der Waals surface area (Å²) in [5.41, 5.74) is 6.20. The summed E-state index contributed by atoms with van der Waals surface area (Å²) < 4.78 is 34.4. The maximum absolute atomic E-state index is 12.9.